The van der Waals surface area contributed by atoms with E-state index in [4.69, 9.17) is 5.73 Å². The van der Waals surface area contributed by atoms with E-state index in [9.17, 15) is 18.0 Å². The monoisotopic (exact) mass is 483 g/mol. The van der Waals surface area contributed by atoms with Crippen LogP contribution in [0.4, 0.5) is 5.00 Å². The van der Waals surface area contributed by atoms with Crippen LogP contribution in [0.25, 0.3) is 0 Å². The summed E-state index contributed by atoms with van der Waals surface area (Å²) in [4.78, 5) is 25.8. The van der Waals surface area contributed by atoms with Gasteiger partial charge in [-0.3, -0.25) is 9.59 Å². The summed E-state index contributed by atoms with van der Waals surface area (Å²) in [5, 5.41) is 11.9. The number of primary amides is 1. The number of nitrogens with two attached hydrogens (primary N) is 1. The van der Waals surface area contributed by atoms with Crippen molar-refractivity contribution in [3.05, 3.63) is 21.8 Å². The summed E-state index contributed by atoms with van der Waals surface area (Å²) in [6, 6.07) is 0. The van der Waals surface area contributed by atoms with Crippen LogP contribution >= 0.6 is 23.1 Å². The fourth-order valence-corrected chi connectivity index (χ4v) is 8.09. The lowest BCUT2D eigenvalue weighted by atomic mass is 10.1. The average Bonchev–Trinajstić information content (AvgIpc) is 3.42. The van der Waals surface area contributed by atoms with Gasteiger partial charge in [0.2, 0.25) is 5.91 Å². The zero-order valence-electron chi connectivity index (χ0n) is 17.4. The number of fused-ring (bicyclic) bond motifs is 1. The number of hydrogen-bond donors (Lipinski definition) is 2. The van der Waals surface area contributed by atoms with Crippen LogP contribution in [0.3, 0.4) is 0 Å². The summed E-state index contributed by atoms with van der Waals surface area (Å²) in [5.41, 5.74) is 6.98. The van der Waals surface area contributed by atoms with Crippen molar-refractivity contribution in [2.45, 2.75) is 49.4 Å². The molecule has 1 aliphatic carbocycles. The number of rotatable bonds is 7. The van der Waals surface area contributed by atoms with Crippen molar-refractivity contribution in [3.63, 3.8) is 0 Å². The van der Waals surface area contributed by atoms with E-state index in [1.165, 1.54) is 23.1 Å². The number of sulfone groups is 1. The number of aromatic nitrogens is 3. The molecule has 12 heteroatoms. The summed E-state index contributed by atoms with van der Waals surface area (Å²) in [7, 11) is -1.12. The van der Waals surface area contributed by atoms with Gasteiger partial charge in [-0.2, -0.15) is 0 Å². The summed E-state index contributed by atoms with van der Waals surface area (Å²) in [5.74, 6) is 0.435. The molecule has 2 amide bonds. The minimum atomic E-state index is -2.94. The van der Waals surface area contributed by atoms with E-state index in [0.29, 0.717) is 34.4 Å². The van der Waals surface area contributed by atoms with Gasteiger partial charge in [-0.25, -0.2) is 8.42 Å². The Morgan fingerprint density at radius 2 is 2.13 bits per heavy atom. The van der Waals surface area contributed by atoms with Crippen molar-refractivity contribution in [2.75, 3.05) is 16.8 Å². The number of carbonyl (C=O) groups is 2. The van der Waals surface area contributed by atoms with Crippen molar-refractivity contribution in [3.8, 4) is 0 Å². The molecule has 9 nitrogen and oxygen atoms in total. The van der Waals surface area contributed by atoms with Gasteiger partial charge in [0.25, 0.3) is 5.91 Å². The number of carbonyl (C=O) groups excluding carboxylic acids is 2. The van der Waals surface area contributed by atoms with Crippen LogP contribution < -0.4 is 11.1 Å². The molecule has 0 spiro atoms. The third-order valence-electron chi connectivity index (χ3n) is 5.78. The molecular formula is C19H25N5O4S3. The lowest BCUT2D eigenvalue weighted by molar-refractivity contribution is -0.115. The maximum atomic E-state index is 12.8. The number of amides is 2. The molecule has 2 aromatic rings. The lowest BCUT2D eigenvalue weighted by Gasteiger charge is -2.12. The number of anilines is 1. The Balaban J connectivity index is 1.41. The number of nitrogens with one attached hydrogen (secondary N) is 1. The molecule has 31 heavy (non-hydrogen) atoms. The average molecular weight is 484 g/mol. The molecule has 1 aliphatic heterocycles. The van der Waals surface area contributed by atoms with E-state index in [0.717, 1.165) is 29.7 Å². The molecule has 0 unspecified atom stereocenters. The van der Waals surface area contributed by atoms with Gasteiger partial charge in [0.05, 0.1) is 22.3 Å². The summed E-state index contributed by atoms with van der Waals surface area (Å²) < 4.78 is 25.2. The van der Waals surface area contributed by atoms with E-state index in [1.807, 2.05) is 11.6 Å². The van der Waals surface area contributed by atoms with Crippen molar-refractivity contribution in [1.82, 2.24) is 14.8 Å². The van der Waals surface area contributed by atoms with E-state index in [-0.39, 0.29) is 23.3 Å². The summed E-state index contributed by atoms with van der Waals surface area (Å²) >= 11 is 2.70. The molecule has 4 rings (SSSR count). The standard InChI is InChI=1S/C19H25N5O4S3/c1-10(17(26)21-18-15(16(20)25)12-4-3-5-13(12)30-18)29-19-23-22-14(24(19)2)8-11-6-7-31(27,28)9-11/h10-11H,3-9H2,1-2H3,(H2,20,25)(H,21,26)/t10-,11+/m0/s1. The Hall–Kier alpha value is -1.92. The molecule has 1 fully saturated rings. The number of hydrogen-bond acceptors (Lipinski definition) is 8. The van der Waals surface area contributed by atoms with Gasteiger partial charge in [0.15, 0.2) is 15.0 Å². The molecule has 2 aromatic heterocycles. The zero-order chi connectivity index (χ0) is 22.3. The highest BCUT2D eigenvalue weighted by Crippen LogP contribution is 2.39. The minimum Gasteiger partial charge on any atom is -0.365 e. The van der Waals surface area contributed by atoms with E-state index in [1.54, 1.807) is 6.92 Å². The Kier molecular flexibility index (Phi) is 6.14. The molecule has 168 valence electrons. The molecule has 3 N–H and O–H groups in total. The van der Waals surface area contributed by atoms with Crippen LogP contribution in [0.1, 0.15) is 46.4 Å². The third-order valence-corrected chi connectivity index (χ3v) is 9.96. The van der Waals surface area contributed by atoms with Crippen molar-refractivity contribution < 1.29 is 18.0 Å². The molecule has 1 saturated heterocycles. The molecule has 2 aliphatic rings. The Bertz CT molecular complexity index is 1140. The minimum absolute atomic E-state index is 0.0551. The van der Waals surface area contributed by atoms with Crippen LogP contribution in [-0.4, -0.2) is 51.8 Å². The van der Waals surface area contributed by atoms with Crippen molar-refractivity contribution in [1.29, 1.82) is 0 Å². The molecule has 0 bridgehead atoms. The van der Waals surface area contributed by atoms with Crippen LogP contribution in [0.2, 0.25) is 0 Å². The van der Waals surface area contributed by atoms with Gasteiger partial charge in [-0.1, -0.05) is 11.8 Å². The van der Waals surface area contributed by atoms with Gasteiger partial charge in [0, 0.05) is 18.3 Å². The van der Waals surface area contributed by atoms with E-state index < -0.39 is 21.0 Å². The van der Waals surface area contributed by atoms with Crippen LogP contribution in [0.5, 0.6) is 0 Å². The second kappa shape index (κ2) is 8.55. The van der Waals surface area contributed by atoms with Crippen LogP contribution in [-0.2, 0) is 40.9 Å². The van der Waals surface area contributed by atoms with Gasteiger partial charge in [-0.15, -0.1) is 21.5 Å². The first-order chi connectivity index (χ1) is 14.6. The van der Waals surface area contributed by atoms with Crippen molar-refractivity contribution >= 4 is 49.8 Å². The topological polar surface area (TPSA) is 137 Å². The normalized spacial score (nSPS) is 20.5. The first-order valence-corrected chi connectivity index (χ1v) is 13.7. The molecular weight excluding hydrogens is 458 g/mol. The number of nitrogens with zero attached hydrogens (tertiary/aromatic N) is 3. The maximum absolute atomic E-state index is 12.8. The highest BCUT2D eigenvalue weighted by atomic mass is 32.2. The van der Waals surface area contributed by atoms with Gasteiger partial charge < -0.3 is 15.6 Å². The zero-order valence-corrected chi connectivity index (χ0v) is 19.8. The highest BCUT2D eigenvalue weighted by molar-refractivity contribution is 8.00. The summed E-state index contributed by atoms with van der Waals surface area (Å²) in [6.45, 7) is 1.77. The molecule has 0 saturated carbocycles. The first kappa shape index (κ1) is 22.3. The van der Waals surface area contributed by atoms with Gasteiger partial charge in [0.1, 0.15) is 10.8 Å². The second-order valence-corrected chi connectivity index (χ2v) is 12.7. The number of thioether (sulfide) groups is 1. The SMILES string of the molecule is C[C@H](Sc1nnc(C[C@H]2CCS(=O)(=O)C2)n1C)C(=O)Nc1sc2c(c1C(N)=O)CCC2. The van der Waals surface area contributed by atoms with E-state index >= 15 is 0 Å². The predicted octanol–water partition coefficient (Wildman–Crippen LogP) is 1.56. The summed E-state index contributed by atoms with van der Waals surface area (Å²) in [6.07, 6.45) is 3.91. The fourth-order valence-electron chi connectivity index (χ4n) is 4.09. The van der Waals surface area contributed by atoms with Crippen molar-refractivity contribution in [2.24, 2.45) is 18.7 Å². The fraction of sp³-hybridized carbons (Fsp3) is 0.579. The van der Waals surface area contributed by atoms with Crippen LogP contribution in [0, 0.1) is 5.92 Å². The largest absolute Gasteiger partial charge is 0.365 e. The van der Waals surface area contributed by atoms with Gasteiger partial charge in [-0.05, 0) is 44.1 Å². The maximum Gasteiger partial charge on any atom is 0.251 e. The highest BCUT2D eigenvalue weighted by Gasteiger charge is 2.30. The molecule has 0 aromatic carbocycles. The number of aryl methyl sites for hydroxylation is 1. The first-order valence-electron chi connectivity index (χ1n) is 10.1. The Morgan fingerprint density at radius 3 is 2.81 bits per heavy atom. The molecule has 2 atom stereocenters. The van der Waals surface area contributed by atoms with Gasteiger partial charge >= 0.3 is 0 Å². The molecule has 0 radical (unpaired) electrons. The Morgan fingerprint density at radius 1 is 1.35 bits per heavy atom. The van der Waals surface area contributed by atoms with E-state index in [2.05, 4.69) is 15.5 Å². The lowest BCUT2D eigenvalue weighted by Crippen LogP contribution is -2.24. The smallest absolute Gasteiger partial charge is 0.251 e. The molecule has 3 heterocycles. The van der Waals surface area contributed by atoms with Crippen LogP contribution in [0.15, 0.2) is 5.16 Å². The second-order valence-electron chi connectivity index (χ2n) is 8.11. The Labute approximate surface area is 189 Å². The quantitative estimate of drug-likeness (QED) is 0.570. The predicted molar refractivity (Wildman–Crippen MR) is 120 cm³/mol. The third kappa shape index (κ3) is 4.65. The number of thiophene rings is 1.